The van der Waals surface area contributed by atoms with Crippen molar-refractivity contribution in [1.29, 1.82) is 5.26 Å². The Kier molecular flexibility index (Phi) is 6.81. The molecule has 38 heavy (non-hydrogen) atoms. The zero-order chi connectivity index (χ0) is 28.1. The SMILES string of the molecule is CC(C)(F)C[C@H](N[C@@H](c1ccc(-c2ccc3c(c2)C(C)(C)OC3=O)cc1)C(F)(F)F)C(=O)NC1(C#N)CC1. The van der Waals surface area contributed by atoms with Crippen molar-refractivity contribution in [1.82, 2.24) is 10.6 Å². The Labute approximate surface area is 218 Å². The molecule has 2 aromatic carbocycles. The predicted octanol–water partition coefficient (Wildman–Crippen LogP) is 5.63. The lowest BCUT2D eigenvalue weighted by atomic mass is 9.91. The van der Waals surface area contributed by atoms with Gasteiger partial charge in [-0.1, -0.05) is 30.3 Å². The van der Waals surface area contributed by atoms with Crippen LogP contribution in [0.5, 0.6) is 0 Å². The van der Waals surface area contributed by atoms with E-state index >= 15 is 0 Å². The second-order valence-corrected chi connectivity index (χ2v) is 11.1. The normalized spacial score (nSPS) is 19.1. The summed E-state index contributed by atoms with van der Waals surface area (Å²) >= 11 is 0. The molecule has 2 N–H and O–H groups in total. The van der Waals surface area contributed by atoms with Crippen molar-refractivity contribution < 1.29 is 31.9 Å². The molecule has 2 aliphatic rings. The lowest BCUT2D eigenvalue weighted by Gasteiger charge is -2.30. The molecule has 0 bridgehead atoms. The highest BCUT2D eigenvalue weighted by molar-refractivity contribution is 5.95. The average molecular weight is 532 g/mol. The minimum atomic E-state index is -4.79. The van der Waals surface area contributed by atoms with Gasteiger partial charge in [-0.2, -0.15) is 18.4 Å². The number of alkyl halides is 4. The number of benzene rings is 2. The van der Waals surface area contributed by atoms with Crippen LogP contribution in [0.2, 0.25) is 0 Å². The van der Waals surface area contributed by atoms with Crippen molar-refractivity contribution >= 4 is 11.9 Å². The molecule has 0 aromatic heterocycles. The van der Waals surface area contributed by atoms with E-state index in [4.69, 9.17) is 4.74 Å². The molecular formula is C28H29F4N3O3. The Morgan fingerprint density at radius 1 is 1.08 bits per heavy atom. The van der Waals surface area contributed by atoms with Crippen molar-refractivity contribution in [3.05, 3.63) is 59.2 Å². The smallest absolute Gasteiger partial charge is 0.407 e. The summed E-state index contributed by atoms with van der Waals surface area (Å²) in [5.74, 6) is -1.28. The molecule has 1 aliphatic heterocycles. The number of nitrogens with zero attached hydrogens (tertiary/aromatic N) is 1. The second kappa shape index (κ2) is 9.38. The highest BCUT2D eigenvalue weighted by Crippen LogP contribution is 2.40. The van der Waals surface area contributed by atoms with Gasteiger partial charge in [0.1, 0.15) is 22.9 Å². The van der Waals surface area contributed by atoms with Crippen LogP contribution in [0.15, 0.2) is 42.5 Å². The molecule has 1 heterocycles. The van der Waals surface area contributed by atoms with Gasteiger partial charge >= 0.3 is 12.1 Å². The first-order valence-electron chi connectivity index (χ1n) is 12.3. The van der Waals surface area contributed by atoms with Gasteiger partial charge in [0.05, 0.1) is 17.7 Å². The van der Waals surface area contributed by atoms with Crippen molar-refractivity contribution in [3.8, 4) is 17.2 Å². The molecule has 2 aromatic rings. The van der Waals surface area contributed by atoms with Gasteiger partial charge < -0.3 is 10.1 Å². The van der Waals surface area contributed by atoms with E-state index in [1.807, 2.05) is 6.07 Å². The molecule has 10 heteroatoms. The van der Waals surface area contributed by atoms with Gasteiger partial charge in [0.15, 0.2) is 0 Å². The van der Waals surface area contributed by atoms with E-state index < -0.39 is 53.4 Å². The van der Waals surface area contributed by atoms with E-state index in [-0.39, 0.29) is 5.56 Å². The Bertz CT molecular complexity index is 1290. The Morgan fingerprint density at radius 3 is 2.21 bits per heavy atom. The monoisotopic (exact) mass is 531 g/mol. The third kappa shape index (κ3) is 5.83. The van der Waals surface area contributed by atoms with Crippen molar-refractivity contribution in [3.63, 3.8) is 0 Å². The number of fused-ring (bicyclic) bond motifs is 1. The maximum absolute atomic E-state index is 14.5. The fraction of sp³-hybridized carbons (Fsp3) is 0.464. The summed E-state index contributed by atoms with van der Waals surface area (Å²) in [5.41, 5.74) is -1.57. The number of hydrogen-bond acceptors (Lipinski definition) is 5. The van der Waals surface area contributed by atoms with Crippen molar-refractivity contribution in [2.75, 3.05) is 0 Å². The van der Waals surface area contributed by atoms with E-state index in [0.717, 1.165) is 0 Å². The Balaban J connectivity index is 1.61. The number of esters is 1. The number of halogens is 4. The summed E-state index contributed by atoms with van der Waals surface area (Å²) < 4.78 is 62.4. The van der Waals surface area contributed by atoms with Gasteiger partial charge in [-0.25, -0.2) is 9.18 Å². The van der Waals surface area contributed by atoms with Gasteiger partial charge in [-0.15, -0.1) is 0 Å². The molecule has 4 rings (SSSR count). The first-order chi connectivity index (χ1) is 17.5. The lowest BCUT2D eigenvalue weighted by Crippen LogP contribution is -2.53. The van der Waals surface area contributed by atoms with Crippen LogP contribution >= 0.6 is 0 Å². The van der Waals surface area contributed by atoms with E-state index in [2.05, 4.69) is 10.6 Å². The number of ether oxygens (including phenoxy) is 1. The number of amides is 1. The van der Waals surface area contributed by atoms with E-state index in [1.165, 1.54) is 38.1 Å². The molecule has 202 valence electrons. The molecule has 1 saturated carbocycles. The van der Waals surface area contributed by atoms with Crippen LogP contribution in [0, 0.1) is 11.3 Å². The molecule has 1 aliphatic carbocycles. The number of rotatable bonds is 8. The predicted molar refractivity (Wildman–Crippen MR) is 132 cm³/mol. The first kappa shape index (κ1) is 27.6. The third-order valence-corrected chi connectivity index (χ3v) is 6.84. The number of cyclic esters (lactones) is 1. The zero-order valence-corrected chi connectivity index (χ0v) is 21.5. The van der Waals surface area contributed by atoms with Crippen LogP contribution in [0.3, 0.4) is 0 Å². The van der Waals surface area contributed by atoms with Gasteiger partial charge in [0.25, 0.3) is 0 Å². The fourth-order valence-electron chi connectivity index (χ4n) is 4.62. The second-order valence-electron chi connectivity index (χ2n) is 11.1. The van der Waals surface area contributed by atoms with E-state index in [1.54, 1.807) is 32.0 Å². The molecular weight excluding hydrogens is 502 g/mol. The van der Waals surface area contributed by atoms with Crippen molar-refractivity contribution in [2.45, 2.75) is 82.0 Å². The number of nitrogens with one attached hydrogen (secondary N) is 2. The van der Waals surface area contributed by atoms with Crippen LogP contribution in [-0.4, -0.2) is 35.3 Å². The maximum Gasteiger partial charge on any atom is 0.407 e. The zero-order valence-electron chi connectivity index (χ0n) is 21.5. The van der Waals surface area contributed by atoms with Crippen LogP contribution in [0.1, 0.15) is 74.5 Å². The van der Waals surface area contributed by atoms with E-state index in [0.29, 0.717) is 35.1 Å². The van der Waals surface area contributed by atoms with Crippen LogP contribution < -0.4 is 10.6 Å². The fourth-order valence-corrected chi connectivity index (χ4v) is 4.62. The molecule has 0 unspecified atom stereocenters. The molecule has 1 fully saturated rings. The number of carbonyl (C=O) groups is 2. The van der Waals surface area contributed by atoms with Gasteiger partial charge in [0, 0.05) is 12.0 Å². The molecule has 0 saturated heterocycles. The Hall–Kier alpha value is -3.45. The molecule has 1 amide bonds. The van der Waals surface area contributed by atoms with Gasteiger partial charge in [0.2, 0.25) is 5.91 Å². The quantitative estimate of drug-likeness (QED) is 0.340. The topological polar surface area (TPSA) is 91.2 Å². The standard InChI is InChI=1S/C28H29F4N3O3/c1-25(2,29)14-21(23(36)35-27(15-33)11-12-27)34-22(28(30,31)32)17-7-5-16(6-8-17)18-9-10-19-20(13-18)26(3,4)38-24(19)37/h5-10,13,21-22,34H,11-12,14H2,1-4H3,(H,35,36)/t21-,22-/m0/s1. The van der Waals surface area contributed by atoms with Gasteiger partial charge in [-0.05, 0) is 69.4 Å². The molecule has 0 radical (unpaired) electrons. The summed E-state index contributed by atoms with van der Waals surface area (Å²) in [6.45, 7) is 5.88. The maximum atomic E-state index is 14.5. The number of carbonyl (C=O) groups excluding carboxylic acids is 2. The van der Waals surface area contributed by atoms with Crippen LogP contribution in [0.4, 0.5) is 17.6 Å². The van der Waals surface area contributed by atoms with Gasteiger partial charge in [-0.3, -0.25) is 10.1 Å². The minimum Gasteiger partial charge on any atom is -0.451 e. The lowest BCUT2D eigenvalue weighted by molar-refractivity contribution is -0.161. The Morgan fingerprint density at radius 2 is 1.68 bits per heavy atom. The van der Waals surface area contributed by atoms with Crippen LogP contribution in [0.25, 0.3) is 11.1 Å². The summed E-state index contributed by atoms with van der Waals surface area (Å²) in [5, 5.41) is 14.0. The number of nitriles is 1. The molecule has 2 atom stereocenters. The molecule has 0 spiro atoms. The third-order valence-electron chi connectivity index (χ3n) is 6.84. The minimum absolute atomic E-state index is 0.155. The summed E-state index contributed by atoms with van der Waals surface area (Å²) in [4.78, 5) is 24.9. The first-order valence-corrected chi connectivity index (χ1v) is 12.3. The summed E-state index contributed by atoms with van der Waals surface area (Å²) in [6, 6.07) is 8.92. The number of hydrogen-bond donors (Lipinski definition) is 2. The van der Waals surface area contributed by atoms with E-state index in [9.17, 15) is 32.4 Å². The summed E-state index contributed by atoms with van der Waals surface area (Å²) in [6.07, 6.45) is -4.52. The largest absolute Gasteiger partial charge is 0.451 e. The average Bonchev–Trinajstić information content (AvgIpc) is 3.54. The summed E-state index contributed by atoms with van der Waals surface area (Å²) in [7, 11) is 0. The highest BCUT2D eigenvalue weighted by Gasteiger charge is 2.48. The highest BCUT2D eigenvalue weighted by atomic mass is 19.4. The molecule has 6 nitrogen and oxygen atoms in total. The van der Waals surface area contributed by atoms with Crippen molar-refractivity contribution in [2.24, 2.45) is 0 Å². The van der Waals surface area contributed by atoms with Crippen LogP contribution in [-0.2, 0) is 15.1 Å².